The number of aromatic amines is 1. The van der Waals surface area contributed by atoms with Gasteiger partial charge in [0.1, 0.15) is 18.1 Å². The van der Waals surface area contributed by atoms with E-state index >= 15 is 0 Å². The van der Waals surface area contributed by atoms with Crippen molar-refractivity contribution in [3.63, 3.8) is 0 Å². The van der Waals surface area contributed by atoms with Gasteiger partial charge in [-0.3, -0.25) is 24.0 Å². The highest BCUT2D eigenvalue weighted by atomic mass is 16.4. The quantitative estimate of drug-likeness (QED) is 0.117. The molecule has 1 aromatic heterocycles. The Hall–Kier alpha value is -4.01. The molecule has 0 aromatic carbocycles. The number of hydrogen-bond donors (Lipinski definition) is 8. The lowest BCUT2D eigenvalue weighted by Crippen LogP contribution is -2.58. The average molecular weight is 512 g/mol. The van der Waals surface area contributed by atoms with Crippen LogP contribution in [0.5, 0.6) is 0 Å². The van der Waals surface area contributed by atoms with Gasteiger partial charge in [0.25, 0.3) is 0 Å². The second-order valence-electron chi connectivity index (χ2n) is 8.64. The molecule has 1 rings (SSSR count). The molecule has 0 saturated carbocycles. The molecule has 36 heavy (non-hydrogen) atoms. The zero-order valence-corrected chi connectivity index (χ0v) is 20.0. The molecule has 0 aliphatic carbocycles. The standard InChI is InChI=1S/C21H33N7O8/c1-10(2)5-13(26-18(32)12(22)3-4-16(23)29)19(33)27-14(7-17(30)31)20(34)28-15(21(35)36)6-11-8-24-9-25-11/h8-10,12-15H,3-7,22H2,1-2H3,(H2,23,29)(H,24,25)(H,26,32)(H,27,33)(H,28,34)(H,30,31)(H,35,36). The summed E-state index contributed by atoms with van der Waals surface area (Å²) in [5, 5.41) is 25.6. The van der Waals surface area contributed by atoms with E-state index in [4.69, 9.17) is 11.5 Å². The van der Waals surface area contributed by atoms with Crippen LogP contribution in [0.3, 0.4) is 0 Å². The normalized spacial score (nSPS) is 14.2. The lowest BCUT2D eigenvalue weighted by molar-refractivity contribution is -0.143. The average Bonchev–Trinajstić information content (AvgIpc) is 3.28. The van der Waals surface area contributed by atoms with Crippen LogP contribution in [0.4, 0.5) is 0 Å². The number of imidazole rings is 1. The second-order valence-corrected chi connectivity index (χ2v) is 8.64. The topological polar surface area (TPSA) is 260 Å². The summed E-state index contributed by atoms with van der Waals surface area (Å²) in [6.45, 7) is 3.54. The number of amides is 4. The van der Waals surface area contributed by atoms with Gasteiger partial charge in [0.2, 0.25) is 23.6 Å². The van der Waals surface area contributed by atoms with Gasteiger partial charge in [-0.2, -0.15) is 0 Å². The van der Waals surface area contributed by atoms with E-state index in [9.17, 15) is 39.0 Å². The van der Waals surface area contributed by atoms with E-state index in [0.717, 1.165) is 0 Å². The van der Waals surface area contributed by atoms with Crippen LogP contribution in [-0.2, 0) is 35.2 Å². The summed E-state index contributed by atoms with van der Waals surface area (Å²) in [6, 6.07) is -5.37. The first-order valence-corrected chi connectivity index (χ1v) is 11.2. The molecule has 0 aliphatic rings. The molecule has 200 valence electrons. The van der Waals surface area contributed by atoms with Crippen molar-refractivity contribution in [2.75, 3.05) is 0 Å². The fourth-order valence-electron chi connectivity index (χ4n) is 3.16. The molecule has 15 nitrogen and oxygen atoms in total. The molecule has 10 N–H and O–H groups in total. The lowest BCUT2D eigenvalue weighted by Gasteiger charge is -2.25. The summed E-state index contributed by atoms with van der Waals surface area (Å²) in [5.74, 6) is -6.18. The summed E-state index contributed by atoms with van der Waals surface area (Å²) in [5.41, 5.74) is 11.2. The van der Waals surface area contributed by atoms with E-state index in [-0.39, 0.29) is 31.6 Å². The number of aliphatic carboxylic acids is 2. The van der Waals surface area contributed by atoms with Crippen LogP contribution in [0.15, 0.2) is 12.5 Å². The number of carboxylic acid groups (broad SMARTS) is 2. The van der Waals surface area contributed by atoms with E-state index in [1.165, 1.54) is 12.5 Å². The van der Waals surface area contributed by atoms with Gasteiger partial charge in [-0.05, 0) is 18.8 Å². The Balaban J connectivity index is 2.97. The van der Waals surface area contributed by atoms with Gasteiger partial charge in [0, 0.05) is 24.7 Å². The van der Waals surface area contributed by atoms with Crippen LogP contribution in [-0.4, -0.2) is 79.9 Å². The largest absolute Gasteiger partial charge is 0.481 e. The van der Waals surface area contributed by atoms with Crippen molar-refractivity contribution in [1.82, 2.24) is 25.9 Å². The fourth-order valence-corrected chi connectivity index (χ4v) is 3.16. The van der Waals surface area contributed by atoms with Gasteiger partial charge in [-0.15, -0.1) is 0 Å². The van der Waals surface area contributed by atoms with Crippen molar-refractivity contribution in [2.24, 2.45) is 17.4 Å². The first kappa shape index (κ1) is 30.0. The Bertz CT molecular complexity index is 935. The lowest BCUT2D eigenvalue weighted by atomic mass is 10.0. The van der Waals surface area contributed by atoms with Crippen molar-refractivity contribution in [3.8, 4) is 0 Å². The van der Waals surface area contributed by atoms with Crippen LogP contribution >= 0.6 is 0 Å². The summed E-state index contributed by atoms with van der Waals surface area (Å²) in [6.07, 6.45) is 1.63. The van der Waals surface area contributed by atoms with Crippen LogP contribution < -0.4 is 27.4 Å². The minimum Gasteiger partial charge on any atom is -0.481 e. The Labute approximate surface area is 206 Å². The second kappa shape index (κ2) is 14.4. The van der Waals surface area contributed by atoms with Gasteiger partial charge in [0.05, 0.1) is 18.8 Å². The number of nitrogens with two attached hydrogens (primary N) is 2. The summed E-state index contributed by atoms with van der Waals surface area (Å²) < 4.78 is 0. The molecule has 1 aromatic rings. The van der Waals surface area contributed by atoms with Crippen LogP contribution in [0, 0.1) is 5.92 Å². The number of nitrogens with zero attached hydrogens (tertiary/aromatic N) is 1. The number of carbonyl (C=O) groups is 6. The molecular formula is C21H33N7O8. The van der Waals surface area contributed by atoms with E-state index in [1.807, 2.05) is 0 Å². The Morgan fingerprint density at radius 3 is 2.06 bits per heavy atom. The summed E-state index contributed by atoms with van der Waals surface area (Å²) in [4.78, 5) is 78.4. The molecule has 0 spiro atoms. The maximum Gasteiger partial charge on any atom is 0.326 e. The monoisotopic (exact) mass is 511 g/mol. The maximum atomic E-state index is 12.9. The fraction of sp³-hybridized carbons (Fsp3) is 0.571. The highest BCUT2D eigenvalue weighted by Crippen LogP contribution is 2.08. The predicted molar refractivity (Wildman–Crippen MR) is 124 cm³/mol. The smallest absolute Gasteiger partial charge is 0.326 e. The van der Waals surface area contributed by atoms with Crippen molar-refractivity contribution in [3.05, 3.63) is 18.2 Å². The number of primary amides is 1. The number of nitrogens with one attached hydrogen (secondary N) is 4. The first-order valence-electron chi connectivity index (χ1n) is 11.2. The maximum absolute atomic E-state index is 12.9. The first-order chi connectivity index (χ1) is 16.8. The molecule has 4 unspecified atom stereocenters. The zero-order valence-electron chi connectivity index (χ0n) is 20.0. The highest BCUT2D eigenvalue weighted by molar-refractivity contribution is 5.95. The minimum atomic E-state index is -1.63. The molecule has 4 amide bonds. The van der Waals surface area contributed by atoms with E-state index in [2.05, 4.69) is 25.9 Å². The molecule has 15 heteroatoms. The minimum absolute atomic E-state index is 0.0475. The Morgan fingerprint density at radius 1 is 0.972 bits per heavy atom. The third-order valence-electron chi connectivity index (χ3n) is 4.98. The molecule has 4 atom stereocenters. The number of hydrogen-bond acceptors (Lipinski definition) is 8. The van der Waals surface area contributed by atoms with Gasteiger partial charge < -0.3 is 42.6 Å². The summed E-state index contributed by atoms with van der Waals surface area (Å²) in [7, 11) is 0. The van der Waals surface area contributed by atoms with Gasteiger partial charge in [-0.25, -0.2) is 9.78 Å². The molecular weight excluding hydrogens is 478 g/mol. The van der Waals surface area contributed by atoms with Gasteiger partial charge in [0.15, 0.2) is 0 Å². The van der Waals surface area contributed by atoms with Crippen LogP contribution in [0.1, 0.15) is 45.2 Å². The van der Waals surface area contributed by atoms with Crippen LogP contribution in [0.25, 0.3) is 0 Å². The number of carbonyl (C=O) groups excluding carboxylic acids is 4. The number of H-pyrrole nitrogens is 1. The van der Waals surface area contributed by atoms with Crippen molar-refractivity contribution in [1.29, 1.82) is 0 Å². The van der Waals surface area contributed by atoms with Gasteiger partial charge in [-0.1, -0.05) is 13.8 Å². The molecule has 0 aliphatic heterocycles. The zero-order chi connectivity index (χ0) is 27.4. The van der Waals surface area contributed by atoms with E-state index < -0.39 is 66.2 Å². The van der Waals surface area contributed by atoms with Crippen molar-refractivity contribution in [2.45, 2.75) is 70.1 Å². The van der Waals surface area contributed by atoms with E-state index in [1.54, 1.807) is 13.8 Å². The SMILES string of the molecule is CC(C)CC(NC(=O)C(N)CCC(N)=O)C(=O)NC(CC(=O)O)C(=O)NC(Cc1cnc[nH]1)C(=O)O. The third-order valence-corrected chi connectivity index (χ3v) is 4.98. The van der Waals surface area contributed by atoms with Crippen molar-refractivity contribution >= 4 is 35.6 Å². The van der Waals surface area contributed by atoms with Crippen LogP contribution in [0.2, 0.25) is 0 Å². The summed E-state index contributed by atoms with van der Waals surface area (Å²) >= 11 is 0. The predicted octanol–water partition coefficient (Wildman–Crippen LogP) is -2.40. The number of carboxylic acids is 2. The molecule has 0 fully saturated rings. The Kier molecular flexibility index (Phi) is 12.0. The van der Waals surface area contributed by atoms with E-state index in [0.29, 0.717) is 5.69 Å². The third kappa shape index (κ3) is 10.9. The molecule has 0 bridgehead atoms. The number of rotatable bonds is 16. The molecule has 0 radical (unpaired) electrons. The Morgan fingerprint density at radius 2 is 1.56 bits per heavy atom. The number of aromatic nitrogens is 2. The van der Waals surface area contributed by atoms with Gasteiger partial charge >= 0.3 is 11.9 Å². The molecule has 1 heterocycles. The molecule has 0 saturated heterocycles. The van der Waals surface area contributed by atoms with Crippen molar-refractivity contribution < 1.29 is 39.0 Å². The highest BCUT2D eigenvalue weighted by Gasteiger charge is 2.32.